The van der Waals surface area contributed by atoms with E-state index in [2.05, 4.69) is 4.98 Å². The topological polar surface area (TPSA) is 79.7 Å². The molecule has 2 heterocycles. The fourth-order valence-electron chi connectivity index (χ4n) is 3.82. The van der Waals surface area contributed by atoms with Crippen molar-refractivity contribution in [2.45, 2.75) is 6.04 Å². The molecule has 1 N–H and O–H groups in total. The summed E-state index contributed by atoms with van der Waals surface area (Å²) in [6.45, 7) is -0.507. The highest BCUT2D eigenvalue weighted by Gasteiger charge is 2.45. The highest BCUT2D eigenvalue weighted by atomic mass is 35.5. The molecule has 0 radical (unpaired) electrons. The predicted octanol–water partition coefficient (Wildman–Crippen LogP) is 5.78. The zero-order valence-corrected chi connectivity index (χ0v) is 19.3. The van der Waals surface area contributed by atoms with Gasteiger partial charge in [0.25, 0.3) is 5.91 Å². The van der Waals surface area contributed by atoms with E-state index in [-0.39, 0.29) is 16.5 Å². The van der Waals surface area contributed by atoms with Gasteiger partial charge in [-0.1, -0.05) is 47.2 Å². The zero-order chi connectivity index (χ0) is 24.7. The van der Waals surface area contributed by atoms with Gasteiger partial charge in [-0.3, -0.25) is 14.5 Å². The number of anilines is 1. The van der Waals surface area contributed by atoms with Crippen molar-refractivity contribution >= 4 is 50.0 Å². The summed E-state index contributed by atoms with van der Waals surface area (Å²) in [4.78, 5) is 31.9. The van der Waals surface area contributed by atoms with Gasteiger partial charge in [0.1, 0.15) is 17.4 Å². The van der Waals surface area contributed by atoms with Gasteiger partial charge < -0.3 is 9.84 Å². The molecule has 1 atom stereocenters. The molecule has 0 spiro atoms. The summed E-state index contributed by atoms with van der Waals surface area (Å²) in [5.74, 6) is -3.01. The van der Waals surface area contributed by atoms with E-state index >= 15 is 0 Å². The van der Waals surface area contributed by atoms with Crippen LogP contribution in [0.1, 0.15) is 11.6 Å². The normalized spacial score (nSPS) is 15.8. The fourth-order valence-corrected chi connectivity index (χ4v) is 5.03. The third kappa shape index (κ3) is 4.24. The second-order valence-electron chi connectivity index (χ2n) is 7.64. The predicted molar refractivity (Wildman–Crippen MR) is 128 cm³/mol. The Kier molecular flexibility index (Phi) is 5.96. The lowest BCUT2D eigenvalue weighted by atomic mass is 9.96. The number of carbonyl (C=O) groups excluding carboxylic acids is 2. The third-order valence-electron chi connectivity index (χ3n) is 5.43. The van der Waals surface area contributed by atoms with Crippen LogP contribution in [0.15, 0.2) is 78.1 Å². The monoisotopic (exact) mass is 512 g/mol. The lowest BCUT2D eigenvalue weighted by Gasteiger charge is -2.24. The standard InChI is InChI=1S/C25H15ClF2N2O4S/c26-16-3-1-2-4-19(16)34-12-18(31)21-22(13-5-7-14(27)8-6-13)30(24(33)23(21)32)25-29-17-10-9-15(28)11-20(17)35-25/h1-11,22,32H,12H2. The highest BCUT2D eigenvalue weighted by molar-refractivity contribution is 7.22. The van der Waals surface area contributed by atoms with Gasteiger partial charge in [0.05, 0.1) is 26.9 Å². The quantitative estimate of drug-likeness (QED) is 0.354. The molecule has 0 fully saturated rings. The van der Waals surface area contributed by atoms with Crippen LogP contribution in [0.2, 0.25) is 5.02 Å². The maximum Gasteiger partial charge on any atom is 0.296 e. The number of hydrogen-bond acceptors (Lipinski definition) is 6. The first kappa shape index (κ1) is 22.9. The van der Waals surface area contributed by atoms with Gasteiger partial charge in [0, 0.05) is 0 Å². The highest BCUT2D eigenvalue weighted by Crippen LogP contribution is 2.43. The largest absolute Gasteiger partial charge is 0.503 e. The number of rotatable bonds is 6. The molecule has 1 aromatic heterocycles. The van der Waals surface area contributed by atoms with Crippen LogP contribution in [-0.2, 0) is 9.59 Å². The molecule has 1 aliphatic rings. The molecule has 10 heteroatoms. The Hall–Kier alpha value is -3.82. The van der Waals surface area contributed by atoms with E-state index in [1.54, 1.807) is 24.3 Å². The number of para-hydroxylation sites is 1. The minimum atomic E-state index is -1.10. The van der Waals surface area contributed by atoms with Crippen LogP contribution in [-0.4, -0.2) is 28.4 Å². The Morgan fingerprint density at radius 3 is 2.54 bits per heavy atom. The summed E-state index contributed by atoms with van der Waals surface area (Å²) in [7, 11) is 0. The van der Waals surface area contributed by atoms with Crippen LogP contribution < -0.4 is 9.64 Å². The molecule has 0 saturated heterocycles. The van der Waals surface area contributed by atoms with E-state index in [0.717, 1.165) is 16.2 Å². The Morgan fingerprint density at radius 1 is 1.09 bits per heavy atom. The van der Waals surface area contributed by atoms with Gasteiger partial charge >= 0.3 is 0 Å². The molecular formula is C25H15ClF2N2O4S. The number of aliphatic hydroxyl groups excluding tert-OH is 1. The number of carbonyl (C=O) groups is 2. The van der Waals surface area contributed by atoms with Gasteiger partial charge in [0.15, 0.2) is 17.5 Å². The Balaban J connectivity index is 1.55. The molecule has 1 aliphatic heterocycles. The minimum Gasteiger partial charge on any atom is -0.503 e. The number of fused-ring (bicyclic) bond motifs is 1. The second-order valence-corrected chi connectivity index (χ2v) is 9.06. The lowest BCUT2D eigenvalue weighted by Crippen LogP contribution is -2.31. The third-order valence-corrected chi connectivity index (χ3v) is 6.76. The van der Waals surface area contributed by atoms with Crippen LogP contribution in [0, 0.1) is 11.6 Å². The molecule has 4 aromatic rings. The van der Waals surface area contributed by atoms with Crippen molar-refractivity contribution in [1.29, 1.82) is 0 Å². The molecule has 5 rings (SSSR count). The number of ether oxygens (including phenoxy) is 1. The summed E-state index contributed by atoms with van der Waals surface area (Å²) < 4.78 is 33.4. The summed E-state index contributed by atoms with van der Waals surface area (Å²) >= 11 is 7.11. The number of amides is 1. The van der Waals surface area contributed by atoms with Crippen molar-refractivity contribution in [1.82, 2.24) is 4.98 Å². The molecule has 0 aliphatic carbocycles. The first-order valence-electron chi connectivity index (χ1n) is 10.3. The summed E-state index contributed by atoms with van der Waals surface area (Å²) in [6.07, 6.45) is 0. The van der Waals surface area contributed by atoms with Gasteiger partial charge in [-0.05, 0) is 48.0 Å². The second kappa shape index (κ2) is 9.09. The van der Waals surface area contributed by atoms with Gasteiger partial charge in [-0.15, -0.1) is 0 Å². The average Bonchev–Trinajstić information content (AvgIpc) is 3.36. The molecule has 3 aromatic carbocycles. The van der Waals surface area contributed by atoms with Crippen molar-refractivity contribution in [3.8, 4) is 5.75 Å². The van der Waals surface area contributed by atoms with E-state index < -0.39 is 41.7 Å². The van der Waals surface area contributed by atoms with Crippen molar-refractivity contribution in [3.63, 3.8) is 0 Å². The van der Waals surface area contributed by atoms with E-state index in [4.69, 9.17) is 16.3 Å². The number of aliphatic hydroxyl groups is 1. The number of thiazole rings is 1. The first-order valence-corrected chi connectivity index (χ1v) is 11.5. The zero-order valence-electron chi connectivity index (χ0n) is 17.7. The number of hydrogen-bond donors (Lipinski definition) is 1. The Labute approximate surface area is 206 Å². The molecule has 1 unspecified atom stereocenters. The van der Waals surface area contributed by atoms with E-state index in [1.165, 1.54) is 42.5 Å². The summed E-state index contributed by atoms with van der Waals surface area (Å²) in [5.41, 5.74) is 0.591. The number of halogens is 3. The van der Waals surface area contributed by atoms with Crippen LogP contribution in [0.5, 0.6) is 5.75 Å². The Morgan fingerprint density at radius 2 is 1.80 bits per heavy atom. The van der Waals surface area contributed by atoms with E-state index in [1.807, 2.05) is 0 Å². The number of aromatic nitrogens is 1. The molecule has 0 saturated carbocycles. The van der Waals surface area contributed by atoms with Crippen molar-refractivity contribution < 1.29 is 28.2 Å². The van der Waals surface area contributed by atoms with Gasteiger partial charge in [-0.2, -0.15) is 0 Å². The van der Waals surface area contributed by atoms with Crippen molar-refractivity contribution in [3.05, 3.63) is 100 Å². The molecule has 35 heavy (non-hydrogen) atoms. The molecule has 6 nitrogen and oxygen atoms in total. The summed E-state index contributed by atoms with van der Waals surface area (Å²) in [5, 5.41) is 11.2. The molecule has 1 amide bonds. The van der Waals surface area contributed by atoms with Crippen LogP contribution in [0.4, 0.5) is 13.9 Å². The SMILES string of the molecule is O=C(COc1ccccc1Cl)C1=C(O)C(=O)N(c2nc3ccc(F)cc3s2)C1c1ccc(F)cc1. The van der Waals surface area contributed by atoms with Crippen LogP contribution in [0.25, 0.3) is 10.2 Å². The van der Waals surface area contributed by atoms with E-state index in [0.29, 0.717) is 20.8 Å². The smallest absolute Gasteiger partial charge is 0.296 e. The van der Waals surface area contributed by atoms with Crippen molar-refractivity contribution in [2.24, 2.45) is 0 Å². The minimum absolute atomic E-state index is 0.145. The fraction of sp³-hybridized carbons (Fsp3) is 0.0800. The number of nitrogens with zero attached hydrogens (tertiary/aromatic N) is 2. The molecule has 176 valence electrons. The van der Waals surface area contributed by atoms with Gasteiger partial charge in [-0.25, -0.2) is 13.8 Å². The maximum absolute atomic E-state index is 13.7. The molecular weight excluding hydrogens is 498 g/mol. The Bertz CT molecular complexity index is 1500. The van der Waals surface area contributed by atoms with Crippen molar-refractivity contribution in [2.75, 3.05) is 11.5 Å². The first-order chi connectivity index (χ1) is 16.8. The number of ketones is 1. The summed E-state index contributed by atoms with van der Waals surface area (Å²) in [6, 6.07) is 14.6. The number of Topliss-reactive ketones (excluding diaryl/α,β-unsaturated/α-hetero) is 1. The van der Waals surface area contributed by atoms with Crippen LogP contribution in [0.3, 0.4) is 0 Å². The van der Waals surface area contributed by atoms with E-state index in [9.17, 15) is 23.5 Å². The number of benzene rings is 3. The lowest BCUT2D eigenvalue weighted by molar-refractivity contribution is -0.119. The van der Waals surface area contributed by atoms with Crippen LogP contribution >= 0.6 is 22.9 Å². The van der Waals surface area contributed by atoms with Gasteiger partial charge in [0.2, 0.25) is 5.78 Å². The average molecular weight is 513 g/mol. The molecule has 0 bridgehead atoms. The maximum atomic E-state index is 13.7.